The lowest BCUT2D eigenvalue weighted by molar-refractivity contribution is -0.384. The number of benzene rings is 1. The topological polar surface area (TPSA) is 109 Å². The molecule has 0 aliphatic rings. The second-order valence-electron chi connectivity index (χ2n) is 4.61. The van der Waals surface area contributed by atoms with Gasteiger partial charge in [0.2, 0.25) is 0 Å². The predicted molar refractivity (Wildman–Crippen MR) is 83.6 cm³/mol. The molecule has 0 unspecified atom stereocenters. The van der Waals surface area contributed by atoms with Crippen molar-refractivity contribution < 1.29 is 24.0 Å². The zero-order chi connectivity index (χ0) is 17.7. The second-order valence-corrected chi connectivity index (χ2v) is 4.61. The van der Waals surface area contributed by atoms with Crippen molar-refractivity contribution in [3.63, 3.8) is 0 Å². The number of ether oxygens (including phenoxy) is 2. The van der Waals surface area contributed by atoms with E-state index in [9.17, 15) is 19.7 Å². The molecule has 0 radical (unpaired) electrons. The number of rotatable bonds is 5. The summed E-state index contributed by atoms with van der Waals surface area (Å²) in [6.45, 7) is 1.81. The minimum Gasteiger partial charge on any atom is -0.465 e. The van der Waals surface area contributed by atoms with E-state index in [0.717, 1.165) is 0 Å². The number of hydrogen-bond acceptors (Lipinski definition) is 7. The van der Waals surface area contributed by atoms with E-state index in [1.165, 1.54) is 37.6 Å². The number of nitrogens with zero attached hydrogens (tertiary/aromatic N) is 2. The molecule has 1 heterocycles. The van der Waals surface area contributed by atoms with Crippen LogP contribution in [-0.4, -0.2) is 35.6 Å². The van der Waals surface area contributed by atoms with E-state index in [2.05, 4.69) is 4.98 Å². The molecule has 1 aromatic heterocycles. The third-order valence-electron chi connectivity index (χ3n) is 3.16. The van der Waals surface area contributed by atoms with Gasteiger partial charge in [0.15, 0.2) is 0 Å². The van der Waals surface area contributed by atoms with Crippen molar-refractivity contribution in [1.82, 2.24) is 4.98 Å². The molecular formula is C16H14N2O6. The fourth-order valence-corrected chi connectivity index (χ4v) is 2.10. The first kappa shape index (κ1) is 17.1. The molecule has 0 aliphatic carbocycles. The van der Waals surface area contributed by atoms with Crippen molar-refractivity contribution in [2.75, 3.05) is 13.7 Å². The highest BCUT2D eigenvalue weighted by molar-refractivity contribution is 6.00. The number of hydrogen-bond donors (Lipinski definition) is 0. The Labute approximate surface area is 137 Å². The standard InChI is InChI=1S/C16H14N2O6/c1-3-24-15(19)10-8-12(16(20)23-2)14(17-9-10)11-6-4-5-7-13(11)18(21)22/h4-9H,3H2,1-2H3. The van der Waals surface area contributed by atoms with Gasteiger partial charge in [-0.25, -0.2) is 9.59 Å². The fraction of sp³-hybridized carbons (Fsp3) is 0.188. The number of pyridine rings is 1. The van der Waals surface area contributed by atoms with Gasteiger partial charge in [-0.2, -0.15) is 0 Å². The van der Waals surface area contributed by atoms with Crippen LogP contribution in [0.2, 0.25) is 0 Å². The molecule has 0 spiro atoms. The Bertz CT molecular complexity index is 803. The summed E-state index contributed by atoms with van der Waals surface area (Å²) in [4.78, 5) is 38.5. The lowest BCUT2D eigenvalue weighted by atomic mass is 10.0. The molecule has 8 heteroatoms. The highest BCUT2D eigenvalue weighted by atomic mass is 16.6. The summed E-state index contributed by atoms with van der Waals surface area (Å²) in [6.07, 6.45) is 1.20. The van der Waals surface area contributed by atoms with Gasteiger partial charge in [0.25, 0.3) is 5.69 Å². The number of carbonyl (C=O) groups is 2. The van der Waals surface area contributed by atoms with Gasteiger partial charge in [-0.1, -0.05) is 12.1 Å². The van der Waals surface area contributed by atoms with Crippen molar-refractivity contribution in [3.05, 3.63) is 57.8 Å². The Kier molecular flexibility index (Phi) is 5.20. The maximum absolute atomic E-state index is 12.0. The maximum Gasteiger partial charge on any atom is 0.340 e. The molecule has 0 bridgehead atoms. The maximum atomic E-state index is 12.0. The highest BCUT2D eigenvalue weighted by Crippen LogP contribution is 2.31. The van der Waals surface area contributed by atoms with Crippen molar-refractivity contribution in [1.29, 1.82) is 0 Å². The van der Waals surface area contributed by atoms with Gasteiger partial charge in [0, 0.05) is 12.3 Å². The first-order chi connectivity index (χ1) is 11.5. The Balaban J connectivity index is 2.64. The van der Waals surface area contributed by atoms with Crippen molar-refractivity contribution in [3.8, 4) is 11.3 Å². The lowest BCUT2D eigenvalue weighted by Gasteiger charge is -2.09. The molecule has 124 valence electrons. The van der Waals surface area contributed by atoms with Crippen LogP contribution in [-0.2, 0) is 9.47 Å². The van der Waals surface area contributed by atoms with E-state index in [0.29, 0.717) is 0 Å². The van der Waals surface area contributed by atoms with E-state index < -0.39 is 16.9 Å². The summed E-state index contributed by atoms with van der Waals surface area (Å²) in [5.41, 5.74) is -0.00326. The van der Waals surface area contributed by atoms with Crippen LogP contribution in [0.5, 0.6) is 0 Å². The molecule has 0 fully saturated rings. The second kappa shape index (κ2) is 7.32. The SMILES string of the molecule is CCOC(=O)c1cnc(-c2ccccc2[N+](=O)[O-])c(C(=O)OC)c1. The van der Waals surface area contributed by atoms with Gasteiger partial charge < -0.3 is 9.47 Å². The van der Waals surface area contributed by atoms with Crippen LogP contribution in [0.1, 0.15) is 27.6 Å². The van der Waals surface area contributed by atoms with Gasteiger partial charge in [0.05, 0.1) is 41.0 Å². The molecule has 0 saturated heterocycles. The number of aromatic nitrogens is 1. The first-order valence-corrected chi connectivity index (χ1v) is 6.98. The number of esters is 2. The molecule has 0 aliphatic heterocycles. The normalized spacial score (nSPS) is 10.1. The van der Waals surface area contributed by atoms with Crippen LogP contribution >= 0.6 is 0 Å². The van der Waals surface area contributed by atoms with Crippen LogP contribution in [0.25, 0.3) is 11.3 Å². The van der Waals surface area contributed by atoms with Crippen molar-refractivity contribution in [2.45, 2.75) is 6.92 Å². The quantitative estimate of drug-likeness (QED) is 0.471. The minimum atomic E-state index is -0.762. The van der Waals surface area contributed by atoms with Gasteiger partial charge in [-0.3, -0.25) is 15.1 Å². The molecule has 1 aromatic carbocycles. The van der Waals surface area contributed by atoms with Gasteiger partial charge in [0.1, 0.15) is 0 Å². The van der Waals surface area contributed by atoms with Gasteiger partial charge in [-0.05, 0) is 19.1 Å². The van der Waals surface area contributed by atoms with E-state index in [1.807, 2.05) is 0 Å². The predicted octanol–water partition coefficient (Wildman–Crippen LogP) is 2.62. The van der Waals surface area contributed by atoms with Gasteiger partial charge >= 0.3 is 11.9 Å². The molecular weight excluding hydrogens is 316 g/mol. The third kappa shape index (κ3) is 3.37. The van der Waals surface area contributed by atoms with Crippen molar-refractivity contribution in [2.24, 2.45) is 0 Å². The van der Waals surface area contributed by atoms with E-state index >= 15 is 0 Å². The molecule has 0 atom stereocenters. The van der Waals surface area contributed by atoms with E-state index in [1.54, 1.807) is 13.0 Å². The van der Waals surface area contributed by atoms with Crippen LogP contribution in [0.4, 0.5) is 5.69 Å². The third-order valence-corrected chi connectivity index (χ3v) is 3.16. The number of nitro benzene ring substituents is 1. The Hall–Kier alpha value is -3.29. The minimum absolute atomic E-state index is 0.0552. The monoisotopic (exact) mass is 330 g/mol. The molecule has 2 rings (SSSR count). The van der Waals surface area contributed by atoms with E-state index in [4.69, 9.17) is 9.47 Å². The summed E-state index contributed by atoms with van der Waals surface area (Å²) in [7, 11) is 1.17. The zero-order valence-electron chi connectivity index (χ0n) is 13.0. The average Bonchev–Trinajstić information content (AvgIpc) is 2.60. The summed E-state index contributed by atoms with van der Waals surface area (Å²) in [6, 6.07) is 7.12. The Morgan fingerprint density at radius 2 is 1.96 bits per heavy atom. The first-order valence-electron chi connectivity index (χ1n) is 6.98. The largest absolute Gasteiger partial charge is 0.465 e. The van der Waals surface area contributed by atoms with E-state index in [-0.39, 0.29) is 34.7 Å². The van der Waals surface area contributed by atoms with Crippen LogP contribution in [0.3, 0.4) is 0 Å². The van der Waals surface area contributed by atoms with Crippen LogP contribution < -0.4 is 0 Å². The average molecular weight is 330 g/mol. The summed E-state index contributed by atoms with van der Waals surface area (Å²) in [5, 5.41) is 11.2. The molecule has 0 saturated carbocycles. The zero-order valence-corrected chi connectivity index (χ0v) is 13.0. The Morgan fingerprint density at radius 3 is 2.58 bits per heavy atom. The molecule has 2 aromatic rings. The summed E-state index contributed by atoms with van der Waals surface area (Å²) < 4.78 is 9.56. The smallest absolute Gasteiger partial charge is 0.340 e. The van der Waals surface area contributed by atoms with Crippen LogP contribution in [0.15, 0.2) is 36.5 Å². The summed E-state index contributed by atoms with van der Waals surface area (Å²) >= 11 is 0. The summed E-state index contributed by atoms with van der Waals surface area (Å²) in [5.74, 6) is -1.41. The Morgan fingerprint density at radius 1 is 1.25 bits per heavy atom. The molecule has 0 N–H and O–H groups in total. The molecule has 8 nitrogen and oxygen atoms in total. The van der Waals surface area contributed by atoms with Gasteiger partial charge in [-0.15, -0.1) is 0 Å². The van der Waals surface area contributed by atoms with Crippen LogP contribution in [0, 0.1) is 10.1 Å². The number of para-hydroxylation sites is 1. The highest BCUT2D eigenvalue weighted by Gasteiger charge is 2.23. The lowest BCUT2D eigenvalue weighted by Crippen LogP contribution is -2.11. The number of carbonyl (C=O) groups excluding carboxylic acids is 2. The van der Waals surface area contributed by atoms with Crippen molar-refractivity contribution >= 4 is 17.6 Å². The molecule has 24 heavy (non-hydrogen) atoms. The number of nitro groups is 1. The molecule has 0 amide bonds. The fourth-order valence-electron chi connectivity index (χ4n) is 2.10. The number of methoxy groups -OCH3 is 1.